The van der Waals surface area contributed by atoms with Gasteiger partial charge in [-0.05, 0) is 61.1 Å². The minimum Gasteiger partial charge on any atom is -0.467 e. The molecule has 2 aromatic rings. The Balaban J connectivity index is 0.000000596. The second-order valence-corrected chi connectivity index (χ2v) is 30.2. The van der Waals surface area contributed by atoms with Gasteiger partial charge in [0, 0.05) is 9.99 Å². The van der Waals surface area contributed by atoms with E-state index in [9.17, 15) is 19.2 Å². The molecule has 0 bridgehead atoms. The number of rotatable bonds is 18. The van der Waals surface area contributed by atoms with Crippen molar-refractivity contribution in [1.29, 1.82) is 0 Å². The molecule has 0 saturated carbocycles. The SMILES string of the molecule is CCC[CH2][Sn]([CH2]CCC)([CH2]CCC)[c]1ccc(CC(NC(=O)OC(C)(C)C)C(=O)OC)cc1.COC(=O)C(Cc1ccc(I)cc1)NC(=O)OC(C)(C)C. The van der Waals surface area contributed by atoms with Crippen LogP contribution in [0, 0.1) is 3.57 Å². The molecule has 2 rings (SSSR count). The predicted octanol–water partition coefficient (Wildman–Crippen LogP) is 9.25. The van der Waals surface area contributed by atoms with Crippen LogP contribution >= 0.6 is 22.6 Å². The first-order valence-electron chi connectivity index (χ1n) is 19.3. The molecule has 54 heavy (non-hydrogen) atoms. The van der Waals surface area contributed by atoms with Crippen LogP contribution < -0.4 is 14.2 Å². The van der Waals surface area contributed by atoms with Gasteiger partial charge in [-0.2, -0.15) is 0 Å². The summed E-state index contributed by atoms with van der Waals surface area (Å²) in [6, 6.07) is 15.1. The van der Waals surface area contributed by atoms with Gasteiger partial charge < -0.3 is 14.8 Å². The van der Waals surface area contributed by atoms with Crippen molar-refractivity contribution < 1.29 is 38.1 Å². The zero-order chi connectivity index (χ0) is 41.0. The van der Waals surface area contributed by atoms with Crippen LogP contribution in [-0.4, -0.2) is 80.0 Å². The topological polar surface area (TPSA) is 129 Å². The summed E-state index contributed by atoms with van der Waals surface area (Å²) in [5, 5.41) is 5.23. The molecule has 2 amide bonds. The number of alkyl carbamates (subject to hydrolysis) is 2. The van der Waals surface area contributed by atoms with E-state index in [1.165, 1.54) is 66.1 Å². The Hall–Kier alpha value is -2.55. The first kappa shape index (κ1) is 49.5. The van der Waals surface area contributed by atoms with Gasteiger partial charge in [0.1, 0.15) is 11.6 Å². The third kappa shape index (κ3) is 19.9. The molecule has 0 aromatic heterocycles. The van der Waals surface area contributed by atoms with Gasteiger partial charge in [-0.3, -0.25) is 0 Å². The number of ether oxygens (including phenoxy) is 4. The number of esters is 2. The summed E-state index contributed by atoms with van der Waals surface area (Å²) in [5.74, 6) is -0.966. The average Bonchev–Trinajstić information content (AvgIpc) is 3.10. The van der Waals surface area contributed by atoms with Crippen LogP contribution in [0.3, 0.4) is 0 Å². The Kier molecular flexibility index (Phi) is 22.8. The van der Waals surface area contributed by atoms with Gasteiger partial charge in [0.15, 0.2) is 0 Å². The molecule has 0 fully saturated rings. The molecule has 304 valence electrons. The van der Waals surface area contributed by atoms with E-state index in [4.69, 9.17) is 18.9 Å². The second-order valence-electron chi connectivity index (χ2n) is 15.8. The van der Waals surface area contributed by atoms with E-state index >= 15 is 0 Å². The maximum absolute atomic E-state index is 12.3. The van der Waals surface area contributed by atoms with Gasteiger partial charge in [-0.15, -0.1) is 0 Å². The van der Waals surface area contributed by atoms with Gasteiger partial charge >= 0.3 is 219 Å². The summed E-state index contributed by atoms with van der Waals surface area (Å²) >= 11 is -0.268. The van der Waals surface area contributed by atoms with Crippen LogP contribution in [0.5, 0.6) is 0 Å². The number of benzene rings is 2. The quantitative estimate of drug-likeness (QED) is 0.0655. The molecule has 10 nitrogen and oxygen atoms in total. The van der Waals surface area contributed by atoms with Gasteiger partial charge in [0.25, 0.3) is 0 Å². The zero-order valence-electron chi connectivity index (χ0n) is 34.7. The normalized spacial score (nSPS) is 12.7. The maximum Gasteiger partial charge on any atom is 0.408 e. The maximum atomic E-state index is 12.3. The summed E-state index contributed by atoms with van der Waals surface area (Å²) in [6.45, 7) is 17.6. The van der Waals surface area contributed by atoms with Crippen molar-refractivity contribution in [3.8, 4) is 0 Å². The molecule has 0 spiro atoms. The molecule has 2 unspecified atom stereocenters. The van der Waals surface area contributed by atoms with Crippen LogP contribution in [-0.2, 0) is 41.4 Å². The monoisotopic (exact) mass is 974 g/mol. The fourth-order valence-electron chi connectivity index (χ4n) is 6.01. The smallest absolute Gasteiger partial charge is 0.408 e. The number of unbranched alkanes of at least 4 members (excludes halogenated alkanes) is 3. The fraction of sp³-hybridized carbons (Fsp3) is 0.619. The summed E-state index contributed by atoms with van der Waals surface area (Å²) < 4.78 is 27.1. The van der Waals surface area contributed by atoms with Crippen molar-refractivity contribution in [3.05, 3.63) is 63.2 Å². The summed E-state index contributed by atoms with van der Waals surface area (Å²) in [5.41, 5.74) is 0.708. The van der Waals surface area contributed by atoms with Gasteiger partial charge in [-0.1, -0.05) is 12.1 Å². The molecule has 12 heteroatoms. The van der Waals surface area contributed by atoms with E-state index in [1.807, 2.05) is 24.3 Å². The van der Waals surface area contributed by atoms with Crippen molar-refractivity contribution in [2.75, 3.05) is 14.2 Å². The van der Waals surface area contributed by atoms with Crippen molar-refractivity contribution in [2.45, 2.75) is 150 Å². The number of amides is 2. The molecular formula is C42H67IN2O8Sn. The third-order valence-corrected chi connectivity index (χ3v) is 25.1. The Bertz CT molecular complexity index is 1400. The van der Waals surface area contributed by atoms with E-state index in [0.717, 1.165) is 14.7 Å². The minimum absolute atomic E-state index is 0.350. The summed E-state index contributed by atoms with van der Waals surface area (Å²) in [7, 11) is 2.63. The molecule has 0 saturated heterocycles. The van der Waals surface area contributed by atoms with E-state index in [0.29, 0.717) is 12.8 Å². The van der Waals surface area contributed by atoms with Crippen molar-refractivity contribution in [3.63, 3.8) is 0 Å². The standard InChI is InChI=1S/C15H20INO4.C15H20NO4.3C4H9.Sn/c1-15(2,3)21-14(19)17-12(13(18)20-4)9-10-5-7-11(16)8-6-10;1-15(2,3)20-14(18)16-12(13(17)19-4)10-11-8-6-5-7-9-11;3*1-3-4-2;/h5-8,12H,9H2,1-4H3,(H,17,19);6-9,12H,10H2,1-4H3,(H,16,18);3*1,3-4H2,2H3;. The number of nitrogens with one attached hydrogen (secondary N) is 2. The van der Waals surface area contributed by atoms with E-state index in [1.54, 1.807) is 45.1 Å². The van der Waals surface area contributed by atoms with E-state index in [2.05, 4.69) is 78.3 Å². The van der Waals surface area contributed by atoms with Crippen LogP contribution in [0.25, 0.3) is 0 Å². The first-order chi connectivity index (χ1) is 25.3. The largest absolute Gasteiger partial charge is 0.467 e. The molecule has 0 aliphatic rings. The fourth-order valence-corrected chi connectivity index (χ4v) is 22.3. The third-order valence-electron chi connectivity index (χ3n) is 8.74. The molecule has 0 radical (unpaired) electrons. The molecule has 0 aliphatic heterocycles. The number of carbonyl (C=O) groups excluding carboxylic acids is 4. The Morgan fingerprint density at radius 3 is 1.24 bits per heavy atom. The minimum atomic E-state index is -2.47. The zero-order valence-corrected chi connectivity index (χ0v) is 39.7. The van der Waals surface area contributed by atoms with Crippen LogP contribution in [0.15, 0.2) is 48.5 Å². The molecule has 2 aromatic carbocycles. The average molecular weight is 974 g/mol. The van der Waals surface area contributed by atoms with Crippen LogP contribution in [0.1, 0.15) is 112 Å². The first-order valence-corrected chi connectivity index (χ1v) is 27.9. The van der Waals surface area contributed by atoms with Gasteiger partial charge in [0.2, 0.25) is 0 Å². The predicted molar refractivity (Wildman–Crippen MR) is 228 cm³/mol. The van der Waals surface area contributed by atoms with Crippen LogP contribution in [0.4, 0.5) is 9.59 Å². The number of halogens is 1. The number of hydrogen-bond acceptors (Lipinski definition) is 8. The molecule has 0 heterocycles. The van der Waals surface area contributed by atoms with E-state index in [-0.39, 0.29) is 0 Å². The molecule has 2 N–H and O–H groups in total. The van der Waals surface area contributed by atoms with Crippen molar-refractivity contribution in [1.82, 2.24) is 10.6 Å². The number of methoxy groups -OCH3 is 2. The Morgan fingerprint density at radius 1 is 0.611 bits per heavy atom. The Labute approximate surface area is 343 Å². The Morgan fingerprint density at radius 2 is 0.944 bits per heavy atom. The number of hydrogen-bond donors (Lipinski definition) is 2. The second kappa shape index (κ2) is 24.9. The molecule has 0 aliphatic carbocycles. The van der Waals surface area contributed by atoms with Crippen molar-refractivity contribution >= 4 is 68.7 Å². The van der Waals surface area contributed by atoms with Gasteiger partial charge in [-0.25, -0.2) is 9.59 Å². The van der Waals surface area contributed by atoms with E-state index < -0.39 is 65.8 Å². The van der Waals surface area contributed by atoms with Crippen LogP contribution in [0.2, 0.25) is 13.3 Å². The molecule has 2 atom stereocenters. The van der Waals surface area contributed by atoms with Crippen molar-refractivity contribution in [2.24, 2.45) is 0 Å². The number of carbonyl (C=O) groups is 4. The van der Waals surface area contributed by atoms with Gasteiger partial charge in [0.05, 0.1) is 7.11 Å². The summed E-state index contributed by atoms with van der Waals surface area (Å²) in [4.78, 5) is 48.1. The summed E-state index contributed by atoms with van der Waals surface area (Å²) in [6.07, 6.45) is 7.24. The molecular weight excluding hydrogens is 906 g/mol.